The van der Waals surface area contributed by atoms with Gasteiger partial charge in [-0.15, -0.1) is 0 Å². The van der Waals surface area contributed by atoms with Crippen LogP contribution in [0.3, 0.4) is 0 Å². The Morgan fingerprint density at radius 2 is 1.04 bits per heavy atom. The van der Waals surface area contributed by atoms with Crippen molar-refractivity contribution in [2.75, 3.05) is 0 Å². The average molecular weight is 368 g/mol. The summed E-state index contributed by atoms with van der Waals surface area (Å²) < 4.78 is 11.6. The van der Waals surface area contributed by atoms with E-state index in [0.717, 1.165) is 6.42 Å². The highest BCUT2D eigenvalue weighted by molar-refractivity contribution is 5.90. The molecule has 2 rings (SSSR count). The van der Waals surface area contributed by atoms with Gasteiger partial charge < -0.3 is 9.47 Å². The lowest BCUT2D eigenvalue weighted by molar-refractivity contribution is -0.0362. The fraction of sp³-hybridized carbons (Fsp3) is 0.391. The van der Waals surface area contributed by atoms with E-state index in [1.54, 1.807) is 24.3 Å². The van der Waals surface area contributed by atoms with Crippen molar-refractivity contribution >= 4 is 11.9 Å². The Kier molecular flexibility index (Phi) is 8.05. The van der Waals surface area contributed by atoms with E-state index in [4.69, 9.17) is 9.47 Å². The minimum atomic E-state index is -0.342. The summed E-state index contributed by atoms with van der Waals surface area (Å²) in [5, 5.41) is 0. The highest BCUT2D eigenvalue weighted by Gasteiger charge is 2.32. The van der Waals surface area contributed by atoms with Gasteiger partial charge in [0, 0.05) is 5.92 Å². The number of carbonyl (C=O) groups excluding carboxylic acids is 2. The fourth-order valence-corrected chi connectivity index (χ4v) is 3.27. The van der Waals surface area contributed by atoms with E-state index in [1.165, 1.54) is 0 Å². The maximum absolute atomic E-state index is 12.5. The van der Waals surface area contributed by atoms with Gasteiger partial charge in [-0.1, -0.05) is 57.2 Å². The summed E-state index contributed by atoms with van der Waals surface area (Å²) in [5.41, 5.74) is 1.06. The Morgan fingerprint density at radius 1 is 0.667 bits per heavy atom. The summed E-state index contributed by atoms with van der Waals surface area (Å²) in [7, 11) is 0. The molecule has 0 fully saturated rings. The Labute approximate surface area is 161 Å². The molecule has 144 valence electrons. The maximum atomic E-state index is 12.5. The van der Waals surface area contributed by atoms with Gasteiger partial charge in [-0.3, -0.25) is 0 Å². The normalized spacial score (nSPS) is 14.0. The van der Waals surface area contributed by atoms with E-state index in [-0.39, 0.29) is 30.1 Å². The van der Waals surface area contributed by atoms with Crippen molar-refractivity contribution in [3.05, 3.63) is 71.8 Å². The second kappa shape index (κ2) is 10.5. The second-order valence-corrected chi connectivity index (χ2v) is 6.51. The van der Waals surface area contributed by atoms with Gasteiger partial charge in [0.15, 0.2) is 0 Å². The zero-order valence-corrected chi connectivity index (χ0v) is 16.3. The molecule has 4 heteroatoms. The third-order valence-corrected chi connectivity index (χ3v) is 4.77. The molecule has 0 aliphatic heterocycles. The van der Waals surface area contributed by atoms with E-state index in [2.05, 4.69) is 0 Å². The second-order valence-electron chi connectivity index (χ2n) is 6.51. The van der Waals surface area contributed by atoms with Crippen LogP contribution >= 0.6 is 0 Å². The standard InChI is InChI=1S/C23H28O4/c1-4-19(20(5-2)26-22(24)17-13-9-7-10-14-17)21(6-3)27-23(25)18-15-11-8-12-16-18/h7-16,19-21H,4-6H2,1-3H3. The summed E-state index contributed by atoms with van der Waals surface area (Å²) in [6.07, 6.45) is 1.46. The molecule has 0 amide bonds. The van der Waals surface area contributed by atoms with Crippen LogP contribution in [0.15, 0.2) is 60.7 Å². The maximum Gasteiger partial charge on any atom is 0.338 e. The van der Waals surface area contributed by atoms with Gasteiger partial charge >= 0.3 is 11.9 Å². The van der Waals surface area contributed by atoms with Gasteiger partial charge in [0.1, 0.15) is 12.2 Å². The number of hydrogen-bond donors (Lipinski definition) is 0. The monoisotopic (exact) mass is 368 g/mol. The van der Waals surface area contributed by atoms with Crippen LogP contribution in [0.4, 0.5) is 0 Å². The molecule has 0 bridgehead atoms. The van der Waals surface area contributed by atoms with Crippen LogP contribution in [0, 0.1) is 5.92 Å². The number of esters is 2. The largest absolute Gasteiger partial charge is 0.458 e. The predicted octanol–water partition coefficient (Wildman–Crippen LogP) is 5.28. The van der Waals surface area contributed by atoms with Crippen molar-refractivity contribution in [1.29, 1.82) is 0 Å². The summed E-state index contributed by atoms with van der Waals surface area (Å²) in [6, 6.07) is 17.9. The first-order valence-electron chi connectivity index (χ1n) is 9.62. The molecule has 2 atom stereocenters. The predicted molar refractivity (Wildman–Crippen MR) is 106 cm³/mol. The zero-order chi connectivity index (χ0) is 19.6. The van der Waals surface area contributed by atoms with E-state index >= 15 is 0 Å². The molecule has 0 radical (unpaired) electrons. The van der Waals surface area contributed by atoms with Crippen molar-refractivity contribution in [2.45, 2.75) is 52.2 Å². The molecule has 0 spiro atoms. The van der Waals surface area contributed by atoms with Gasteiger partial charge in [-0.2, -0.15) is 0 Å². The molecule has 0 saturated heterocycles. The average Bonchev–Trinajstić information content (AvgIpc) is 2.73. The molecule has 0 aromatic heterocycles. The molecule has 27 heavy (non-hydrogen) atoms. The van der Waals surface area contributed by atoms with Crippen LogP contribution in [0.1, 0.15) is 60.7 Å². The lowest BCUT2D eigenvalue weighted by Crippen LogP contribution is -2.37. The number of rotatable bonds is 9. The number of carbonyl (C=O) groups is 2. The van der Waals surface area contributed by atoms with E-state index in [1.807, 2.05) is 57.2 Å². The molecular weight excluding hydrogens is 340 g/mol. The highest BCUT2D eigenvalue weighted by Crippen LogP contribution is 2.26. The van der Waals surface area contributed by atoms with Gasteiger partial charge in [0.2, 0.25) is 0 Å². The van der Waals surface area contributed by atoms with Crippen LogP contribution in [-0.2, 0) is 9.47 Å². The first-order chi connectivity index (χ1) is 13.1. The lowest BCUT2D eigenvalue weighted by Gasteiger charge is -2.31. The molecule has 4 nitrogen and oxygen atoms in total. The Balaban J connectivity index is 2.10. The van der Waals surface area contributed by atoms with Crippen LogP contribution in [0.5, 0.6) is 0 Å². The molecule has 2 aromatic carbocycles. The molecule has 2 unspecified atom stereocenters. The SMILES string of the molecule is CCC(OC(=O)c1ccccc1)C(CC)C(CC)OC(=O)c1ccccc1. The summed E-state index contributed by atoms with van der Waals surface area (Å²) in [5.74, 6) is -0.740. The van der Waals surface area contributed by atoms with Crippen LogP contribution < -0.4 is 0 Å². The minimum absolute atomic E-state index is 0.0553. The molecule has 0 aliphatic rings. The summed E-state index contributed by atoms with van der Waals surface area (Å²) in [6.45, 7) is 6.00. The molecule has 0 heterocycles. The summed E-state index contributed by atoms with van der Waals surface area (Å²) >= 11 is 0. The van der Waals surface area contributed by atoms with Crippen molar-refractivity contribution < 1.29 is 19.1 Å². The number of benzene rings is 2. The van der Waals surface area contributed by atoms with Gasteiger partial charge in [0.05, 0.1) is 11.1 Å². The zero-order valence-electron chi connectivity index (χ0n) is 16.3. The first kappa shape index (κ1) is 20.7. The quantitative estimate of drug-likeness (QED) is 0.565. The number of hydrogen-bond acceptors (Lipinski definition) is 4. The molecule has 2 aromatic rings. The third-order valence-electron chi connectivity index (χ3n) is 4.77. The number of ether oxygens (including phenoxy) is 2. The highest BCUT2D eigenvalue weighted by atomic mass is 16.6. The summed E-state index contributed by atoms with van der Waals surface area (Å²) in [4.78, 5) is 24.9. The Bertz CT molecular complexity index is 650. The molecule has 0 saturated carbocycles. The van der Waals surface area contributed by atoms with Crippen LogP contribution in [0.25, 0.3) is 0 Å². The van der Waals surface area contributed by atoms with E-state index in [0.29, 0.717) is 24.0 Å². The van der Waals surface area contributed by atoms with Crippen molar-refractivity contribution in [2.24, 2.45) is 5.92 Å². The molecular formula is C23H28O4. The Hall–Kier alpha value is -2.62. The fourth-order valence-electron chi connectivity index (χ4n) is 3.27. The van der Waals surface area contributed by atoms with Gasteiger partial charge in [0.25, 0.3) is 0 Å². The van der Waals surface area contributed by atoms with Crippen LogP contribution in [0.2, 0.25) is 0 Å². The topological polar surface area (TPSA) is 52.6 Å². The molecule has 0 aliphatic carbocycles. The Morgan fingerprint density at radius 3 is 1.33 bits per heavy atom. The first-order valence-corrected chi connectivity index (χ1v) is 9.62. The smallest absolute Gasteiger partial charge is 0.338 e. The van der Waals surface area contributed by atoms with Crippen molar-refractivity contribution in [1.82, 2.24) is 0 Å². The third kappa shape index (κ3) is 5.68. The van der Waals surface area contributed by atoms with Gasteiger partial charge in [-0.05, 0) is 43.5 Å². The van der Waals surface area contributed by atoms with Crippen molar-refractivity contribution in [3.63, 3.8) is 0 Å². The van der Waals surface area contributed by atoms with E-state index in [9.17, 15) is 9.59 Å². The lowest BCUT2D eigenvalue weighted by atomic mass is 9.89. The van der Waals surface area contributed by atoms with E-state index < -0.39 is 0 Å². The van der Waals surface area contributed by atoms with Gasteiger partial charge in [-0.25, -0.2) is 9.59 Å². The molecule has 0 N–H and O–H groups in total. The van der Waals surface area contributed by atoms with Crippen LogP contribution in [-0.4, -0.2) is 24.1 Å². The van der Waals surface area contributed by atoms with Crippen molar-refractivity contribution in [3.8, 4) is 0 Å². The minimum Gasteiger partial charge on any atom is -0.458 e.